The second kappa shape index (κ2) is 5.86. The molecule has 0 bridgehead atoms. The Morgan fingerprint density at radius 3 is 2.60 bits per heavy atom. The predicted molar refractivity (Wildman–Crippen MR) is 70.0 cm³/mol. The van der Waals surface area contributed by atoms with Crippen molar-refractivity contribution in [1.82, 2.24) is 0 Å². The molecule has 0 N–H and O–H groups in total. The highest BCUT2D eigenvalue weighted by atomic mass is 32.1. The van der Waals surface area contributed by atoms with Crippen molar-refractivity contribution in [3.05, 3.63) is 34.9 Å². The summed E-state index contributed by atoms with van der Waals surface area (Å²) < 4.78 is 5.27. The van der Waals surface area contributed by atoms with E-state index in [1.165, 1.54) is 16.7 Å². The average molecular weight is 222 g/mol. The molecule has 0 fully saturated rings. The van der Waals surface area contributed by atoms with Gasteiger partial charge in [0.25, 0.3) is 0 Å². The highest BCUT2D eigenvalue weighted by molar-refractivity contribution is 7.80. The van der Waals surface area contributed by atoms with Gasteiger partial charge in [0.05, 0.1) is 7.11 Å². The zero-order valence-electron chi connectivity index (χ0n) is 9.58. The molecule has 0 aliphatic heterocycles. The van der Waals surface area contributed by atoms with Gasteiger partial charge in [0.15, 0.2) is 0 Å². The Bertz CT molecular complexity index is 356. The maximum absolute atomic E-state index is 5.27. The number of hydrogen-bond donors (Lipinski definition) is 1. The summed E-state index contributed by atoms with van der Waals surface area (Å²) in [6.45, 7) is 4.16. The van der Waals surface area contributed by atoms with Crippen molar-refractivity contribution < 1.29 is 4.74 Å². The van der Waals surface area contributed by atoms with Crippen molar-refractivity contribution in [1.29, 1.82) is 0 Å². The molecule has 0 radical (unpaired) electrons. The lowest BCUT2D eigenvalue weighted by Crippen LogP contribution is -1.90. The smallest absolute Gasteiger partial charge is 0.122 e. The summed E-state index contributed by atoms with van der Waals surface area (Å²) >= 11 is 4.17. The second-order valence-corrected chi connectivity index (χ2v) is 4.04. The Kier molecular flexibility index (Phi) is 4.76. The normalized spacial score (nSPS) is 10.9. The first-order valence-corrected chi connectivity index (χ1v) is 5.75. The van der Waals surface area contributed by atoms with Gasteiger partial charge in [-0.1, -0.05) is 12.2 Å². The first-order valence-electron chi connectivity index (χ1n) is 5.11. The van der Waals surface area contributed by atoms with Crippen LogP contribution in [-0.4, -0.2) is 12.9 Å². The molecule has 0 aliphatic rings. The molecule has 1 nitrogen and oxygen atoms in total. The summed E-state index contributed by atoms with van der Waals surface area (Å²) in [4.78, 5) is 0. The van der Waals surface area contributed by atoms with Gasteiger partial charge in [0.2, 0.25) is 0 Å². The lowest BCUT2D eigenvalue weighted by Gasteiger charge is -2.08. The van der Waals surface area contributed by atoms with E-state index < -0.39 is 0 Å². The lowest BCUT2D eigenvalue weighted by atomic mass is 10.0. The van der Waals surface area contributed by atoms with Crippen molar-refractivity contribution in [2.24, 2.45) is 0 Å². The van der Waals surface area contributed by atoms with Crippen LogP contribution in [0.1, 0.15) is 23.1 Å². The molecule has 0 aromatic heterocycles. The van der Waals surface area contributed by atoms with Crippen LogP contribution in [0.3, 0.4) is 0 Å². The van der Waals surface area contributed by atoms with Crippen molar-refractivity contribution in [3.63, 3.8) is 0 Å². The molecule has 2 heteroatoms. The first-order chi connectivity index (χ1) is 7.19. The third-order valence-corrected chi connectivity index (χ3v) is 2.63. The molecule has 1 aromatic rings. The van der Waals surface area contributed by atoms with E-state index in [4.69, 9.17) is 4.74 Å². The van der Waals surface area contributed by atoms with Crippen molar-refractivity contribution >= 4 is 18.7 Å². The average Bonchev–Trinajstić information content (AvgIpc) is 2.23. The van der Waals surface area contributed by atoms with Gasteiger partial charge in [-0.05, 0) is 54.8 Å². The van der Waals surface area contributed by atoms with Crippen LogP contribution in [-0.2, 0) is 0 Å². The van der Waals surface area contributed by atoms with E-state index in [-0.39, 0.29) is 0 Å². The minimum absolute atomic E-state index is 0.894. The molecule has 0 aliphatic carbocycles. The van der Waals surface area contributed by atoms with Crippen molar-refractivity contribution in [3.8, 4) is 5.75 Å². The molecule has 0 saturated heterocycles. The molecule has 0 saturated carbocycles. The van der Waals surface area contributed by atoms with Crippen LogP contribution in [0.15, 0.2) is 18.2 Å². The zero-order valence-corrected chi connectivity index (χ0v) is 10.5. The summed E-state index contributed by atoms with van der Waals surface area (Å²) in [6.07, 6.45) is 5.31. The Labute approximate surface area is 97.6 Å². The fraction of sp³-hybridized carbons (Fsp3) is 0.385. The van der Waals surface area contributed by atoms with Gasteiger partial charge in [0, 0.05) is 0 Å². The van der Waals surface area contributed by atoms with Crippen molar-refractivity contribution in [2.45, 2.75) is 20.3 Å². The first kappa shape index (κ1) is 12.2. The summed E-state index contributed by atoms with van der Waals surface area (Å²) in [5, 5.41) is 0. The molecule has 82 valence electrons. The number of thiol groups is 1. The van der Waals surface area contributed by atoms with Crippen LogP contribution in [0.2, 0.25) is 0 Å². The van der Waals surface area contributed by atoms with E-state index in [2.05, 4.69) is 50.8 Å². The van der Waals surface area contributed by atoms with Gasteiger partial charge in [-0.2, -0.15) is 12.6 Å². The van der Waals surface area contributed by atoms with Gasteiger partial charge in [-0.25, -0.2) is 0 Å². The number of allylic oxidation sites excluding steroid dienone is 1. The summed E-state index contributed by atoms with van der Waals surface area (Å²) in [5.74, 6) is 1.85. The van der Waals surface area contributed by atoms with E-state index in [1.807, 2.05) is 0 Å². The Morgan fingerprint density at radius 2 is 2.00 bits per heavy atom. The van der Waals surface area contributed by atoms with Gasteiger partial charge in [-0.3, -0.25) is 0 Å². The molecule has 1 rings (SSSR count). The predicted octanol–water partition coefficient (Wildman–Crippen LogP) is 3.65. The fourth-order valence-electron chi connectivity index (χ4n) is 1.50. The number of ether oxygens (including phenoxy) is 1. The molecule has 1 aromatic carbocycles. The van der Waals surface area contributed by atoms with Crippen LogP contribution in [0.25, 0.3) is 6.08 Å². The summed E-state index contributed by atoms with van der Waals surface area (Å²) in [6, 6.07) is 4.24. The largest absolute Gasteiger partial charge is 0.496 e. The Balaban J connectivity index is 2.95. The molecule has 0 amide bonds. The van der Waals surface area contributed by atoms with E-state index in [1.54, 1.807) is 7.11 Å². The van der Waals surface area contributed by atoms with E-state index in [0.29, 0.717) is 0 Å². The zero-order chi connectivity index (χ0) is 11.3. The van der Waals surface area contributed by atoms with Crippen LogP contribution in [0.5, 0.6) is 5.75 Å². The molecular formula is C13H18OS. The topological polar surface area (TPSA) is 9.23 Å². The van der Waals surface area contributed by atoms with Gasteiger partial charge >= 0.3 is 0 Å². The van der Waals surface area contributed by atoms with Crippen LogP contribution in [0.4, 0.5) is 0 Å². The Morgan fingerprint density at radius 1 is 1.27 bits per heavy atom. The van der Waals surface area contributed by atoms with Gasteiger partial charge in [-0.15, -0.1) is 0 Å². The van der Waals surface area contributed by atoms with E-state index >= 15 is 0 Å². The number of benzene rings is 1. The Hall–Kier alpha value is -0.890. The van der Waals surface area contributed by atoms with E-state index in [0.717, 1.165) is 17.9 Å². The third kappa shape index (κ3) is 3.31. The number of methoxy groups -OCH3 is 1. The quantitative estimate of drug-likeness (QED) is 0.765. The van der Waals surface area contributed by atoms with Crippen molar-refractivity contribution in [2.75, 3.05) is 12.9 Å². The fourth-order valence-corrected chi connectivity index (χ4v) is 1.65. The molecule has 15 heavy (non-hydrogen) atoms. The van der Waals surface area contributed by atoms with Crippen LogP contribution >= 0.6 is 12.6 Å². The molecule has 0 heterocycles. The third-order valence-electron chi connectivity index (χ3n) is 2.38. The SMILES string of the molecule is COc1cc(C)c(C=CCCS)cc1C. The monoisotopic (exact) mass is 222 g/mol. The van der Waals surface area contributed by atoms with E-state index in [9.17, 15) is 0 Å². The molecule has 0 unspecified atom stereocenters. The molecule has 0 atom stereocenters. The highest BCUT2D eigenvalue weighted by Crippen LogP contribution is 2.23. The van der Waals surface area contributed by atoms with Crippen LogP contribution in [0, 0.1) is 13.8 Å². The standard InChI is InChI=1S/C13H18OS/c1-10-9-13(14-3)11(2)8-12(10)6-4-5-7-15/h4,6,8-9,15H,5,7H2,1-3H3. The molecular weight excluding hydrogens is 204 g/mol. The maximum atomic E-state index is 5.27. The number of rotatable bonds is 4. The maximum Gasteiger partial charge on any atom is 0.122 e. The summed E-state index contributed by atoms with van der Waals surface area (Å²) in [7, 11) is 1.71. The lowest BCUT2D eigenvalue weighted by molar-refractivity contribution is 0.411. The molecule has 0 spiro atoms. The number of aryl methyl sites for hydroxylation is 2. The van der Waals surface area contributed by atoms with Gasteiger partial charge in [0.1, 0.15) is 5.75 Å². The summed E-state index contributed by atoms with van der Waals surface area (Å²) in [5.41, 5.74) is 3.68. The number of hydrogen-bond acceptors (Lipinski definition) is 2. The van der Waals surface area contributed by atoms with Gasteiger partial charge < -0.3 is 4.74 Å². The minimum atomic E-state index is 0.894. The van der Waals surface area contributed by atoms with Crippen LogP contribution < -0.4 is 4.74 Å². The minimum Gasteiger partial charge on any atom is -0.496 e. The second-order valence-electron chi connectivity index (χ2n) is 3.59. The highest BCUT2D eigenvalue weighted by Gasteiger charge is 2.01.